The van der Waals surface area contributed by atoms with Crippen LogP contribution in [0.3, 0.4) is 0 Å². The lowest BCUT2D eigenvalue weighted by Gasteiger charge is -2.11. The molecule has 0 atom stereocenters. The van der Waals surface area contributed by atoms with Crippen molar-refractivity contribution in [2.24, 2.45) is 0 Å². The number of hydrogen-bond acceptors (Lipinski definition) is 6. The molecule has 0 spiro atoms. The number of anilines is 2. The molecule has 3 aromatic heterocycles. The van der Waals surface area contributed by atoms with Crippen LogP contribution in [-0.2, 0) is 13.0 Å². The molecule has 0 aromatic carbocycles. The van der Waals surface area contributed by atoms with Crippen LogP contribution in [0.25, 0.3) is 5.65 Å². The standard InChI is InChI=1S/C14H17N7/c1-3-11-9(2)12(20-14(15)19-11)17-7-10-8-18-21-6-4-5-16-13(10)21/h4-6,8H,3,7H2,1-2H3,(H3,15,17,19,20). The second kappa shape index (κ2) is 5.35. The summed E-state index contributed by atoms with van der Waals surface area (Å²) in [5.41, 5.74) is 9.58. The maximum atomic E-state index is 5.75. The number of aromatic nitrogens is 5. The number of fused-ring (bicyclic) bond motifs is 1. The largest absolute Gasteiger partial charge is 0.368 e. The van der Waals surface area contributed by atoms with E-state index in [9.17, 15) is 0 Å². The minimum atomic E-state index is 0.290. The van der Waals surface area contributed by atoms with E-state index in [0.29, 0.717) is 6.54 Å². The Kier molecular flexibility index (Phi) is 3.39. The van der Waals surface area contributed by atoms with Gasteiger partial charge in [0.05, 0.1) is 11.9 Å². The zero-order valence-electron chi connectivity index (χ0n) is 12.0. The number of nitrogens with zero attached hydrogens (tertiary/aromatic N) is 5. The Labute approximate surface area is 122 Å². The van der Waals surface area contributed by atoms with Crippen molar-refractivity contribution in [1.29, 1.82) is 0 Å². The van der Waals surface area contributed by atoms with E-state index in [2.05, 4.69) is 25.4 Å². The lowest BCUT2D eigenvalue weighted by molar-refractivity contribution is 0.939. The number of nitrogens with one attached hydrogen (secondary N) is 1. The predicted molar refractivity (Wildman–Crippen MR) is 80.9 cm³/mol. The first-order valence-electron chi connectivity index (χ1n) is 6.83. The van der Waals surface area contributed by atoms with Crippen molar-refractivity contribution >= 4 is 17.4 Å². The van der Waals surface area contributed by atoms with E-state index in [4.69, 9.17) is 5.73 Å². The van der Waals surface area contributed by atoms with Crippen molar-refractivity contribution < 1.29 is 0 Å². The second-order valence-electron chi connectivity index (χ2n) is 4.77. The topological polar surface area (TPSA) is 94.0 Å². The lowest BCUT2D eigenvalue weighted by Crippen LogP contribution is -2.09. The van der Waals surface area contributed by atoms with Crippen molar-refractivity contribution in [3.63, 3.8) is 0 Å². The van der Waals surface area contributed by atoms with Crippen molar-refractivity contribution in [1.82, 2.24) is 24.6 Å². The fraction of sp³-hybridized carbons (Fsp3) is 0.286. The average Bonchev–Trinajstić information content (AvgIpc) is 2.91. The SMILES string of the molecule is CCc1nc(N)nc(NCc2cnn3cccnc23)c1C. The molecule has 3 aromatic rings. The highest BCUT2D eigenvalue weighted by atomic mass is 15.2. The molecule has 0 fully saturated rings. The fourth-order valence-corrected chi connectivity index (χ4v) is 2.28. The molecule has 0 unspecified atom stereocenters. The Morgan fingerprint density at radius 2 is 2.19 bits per heavy atom. The quantitative estimate of drug-likeness (QED) is 0.755. The maximum Gasteiger partial charge on any atom is 0.222 e. The van der Waals surface area contributed by atoms with Crippen LogP contribution in [0.15, 0.2) is 24.7 Å². The Bertz CT molecular complexity index is 778. The first kappa shape index (κ1) is 13.3. The summed E-state index contributed by atoms with van der Waals surface area (Å²) in [6.07, 6.45) is 6.25. The summed E-state index contributed by atoms with van der Waals surface area (Å²) in [4.78, 5) is 12.8. The molecule has 0 saturated carbocycles. The molecule has 0 aliphatic carbocycles. The summed E-state index contributed by atoms with van der Waals surface area (Å²) >= 11 is 0. The van der Waals surface area contributed by atoms with E-state index < -0.39 is 0 Å². The van der Waals surface area contributed by atoms with Crippen LogP contribution >= 0.6 is 0 Å². The minimum absolute atomic E-state index is 0.290. The number of aryl methyl sites for hydroxylation is 1. The second-order valence-corrected chi connectivity index (χ2v) is 4.77. The highest BCUT2D eigenvalue weighted by Gasteiger charge is 2.10. The molecule has 3 heterocycles. The summed E-state index contributed by atoms with van der Waals surface area (Å²) in [5.74, 6) is 1.05. The third kappa shape index (κ3) is 2.49. The van der Waals surface area contributed by atoms with Crippen molar-refractivity contribution in [3.05, 3.63) is 41.5 Å². The smallest absolute Gasteiger partial charge is 0.222 e. The van der Waals surface area contributed by atoms with Crippen LogP contribution in [-0.4, -0.2) is 24.6 Å². The van der Waals surface area contributed by atoms with Gasteiger partial charge in [0, 0.05) is 30.1 Å². The number of rotatable bonds is 4. The van der Waals surface area contributed by atoms with Gasteiger partial charge in [0.25, 0.3) is 0 Å². The van der Waals surface area contributed by atoms with Gasteiger partial charge in [-0.2, -0.15) is 10.1 Å². The van der Waals surface area contributed by atoms with E-state index >= 15 is 0 Å². The van der Waals surface area contributed by atoms with Crippen LogP contribution in [0.1, 0.15) is 23.7 Å². The van der Waals surface area contributed by atoms with Gasteiger partial charge in [-0.05, 0) is 19.4 Å². The number of nitrogen functional groups attached to an aromatic ring is 1. The number of nitrogens with two attached hydrogens (primary N) is 1. The monoisotopic (exact) mass is 283 g/mol. The van der Waals surface area contributed by atoms with E-state index in [1.165, 1.54) is 0 Å². The highest BCUT2D eigenvalue weighted by Crippen LogP contribution is 2.18. The summed E-state index contributed by atoms with van der Waals surface area (Å²) in [7, 11) is 0. The molecule has 0 saturated heterocycles. The third-order valence-electron chi connectivity index (χ3n) is 3.40. The molecule has 3 N–H and O–H groups in total. The Balaban J connectivity index is 1.86. The summed E-state index contributed by atoms with van der Waals surface area (Å²) < 4.78 is 1.75. The molecular weight excluding hydrogens is 266 g/mol. The highest BCUT2D eigenvalue weighted by molar-refractivity contribution is 5.52. The number of hydrogen-bond donors (Lipinski definition) is 2. The molecular formula is C14H17N7. The lowest BCUT2D eigenvalue weighted by atomic mass is 10.2. The van der Waals surface area contributed by atoms with Crippen LogP contribution in [0.4, 0.5) is 11.8 Å². The van der Waals surface area contributed by atoms with Crippen molar-refractivity contribution in [2.45, 2.75) is 26.8 Å². The minimum Gasteiger partial charge on any atom is -0.368 e. The van der Waals surface area contributed by atoms with Gasteiger partial charge in [0.2, 0.25) is 5.95 Å². The van der Waals surface area contributed by atoms with Crippen LogP contribution in [0.2, 0.25) is 0 Å². The van der Waals surface area contributed by atoms with E-state index in [-0.39, 0.29) is 5.95 Å². The van der Waals surface area contributed by atoms with E-state index in [1.54, 1.807) is 16.9 Å². The van der Waals surface area contributed by atoms with Gasteiger partial charge in [-0.1, -0.05) is 6.92 Å². The molecule has 21 heavy (non-hydrogen) atoms. The molecule has 3 rings (SSSR count). The van der Waals surface area contributed by atoms with Gasteiger partial charge in [0.1, 0.15) is 5.82 Å². The molecule has 0 radical (unpaired) electrons. The summed E-state index contributed by atoms with van der Waals surface area (Å²) in [5, 5.41) is 7.56. The van der Waals surface area contributed by atoms with Gasteiger partial charge in [-0.3, -0.25) is 0 Å². The first-order chi connectivity index (χ1) is 10.2. The van der Waals surface area contributed by atoms with Crippen LogP contribution < -0.4 is 11.1 Å². The molecule has 7 heteroatoms. The van der Waals surface area contributed by atoms with Crippen molar-refractivity contribution in [2.75, 3.05) is 11.1 Å². The Hall–Kier alpha value is -2.70. The zero-order chi connectivity index (χ0) is 14.8. The van der Waals surface area contributed by atoms with Gasteiger partial charge in [0.15, 0.2) is 5.65 Å². The Morgan fingerprint density at radius 3 is 3.00 bits per heavy atom. The van der Waals surface area contributed by atoms with Gasteiger partial charge < -0.3 is 11.1 Å². The predicted octanol–water partition coefficient (Wildman–Crippen LogP) is 1.58. The fourth-order valence-electron chi connectivity index (χ4n) is 2.28. The molecule has 0 bridgehead atoms. The summed E-state index contributed by atoms with van der Waals surface area (Å²) in [6.45, 7) is 4.63. The molecule has 0 aliphatic rings. The van der Waals surface area contributed by atoms with Crippen LogP contribution in [0, 0.1) is 6.92 Å². The van der Waals surface area contributed by atoms with Crippen LogP contribution in [0.5, 0.6) is 0 Å². The first-order valence-corrected chi connectivity index (χ1v) is 6.83. The molecule has 0 aliphatic heterocycles. The van der Waals surface area contributed by atoms with E-state index in [0.717, 1.165) is 34.7 Å². The molecule has 108 valence electrons. The Morgan fingerprint density at radius 1 is 1.33 bits per heavy atom. The zero-order valence-corrected chi connectivity index (χ0v) is 12.0. The van der Waals surface area contributed by atoms with Gasteiger partial charge >= 0.3 is 0 Å². The molecule has 0 amide bonds. The van der Waals surface area contributed by atoms with Crippen molar-refractivity contribution in [3.8, 4) is 0 Å². The molecule has 7 nitrogen and oxygen atoms in total. The van der Waals surface area contributed by atoms with E-state index in [1.807, 2.05) is 26.1 Å². The normalized spacial score (nSPS) is 11.0. The average molecular weight is 283 g/mol. The summed E-state index contributed by atoms with van der Waals surface area (Å²) in [6, 6.07) is 1.85. The maximum absolute atomic E-state index is 5.75. The third-order valence-corrected chi connectivity index (χ3v) is 3.40. The van der Waals surface area contributed by atoms with Gasteiger partial charge in [-0.25, -0.2) is 14.5 Å². The van der Waals surface area contributed by atoms with Gasteiger partial charge in [-0.15, -0.1) is 0 Å².